The van der Waals surface area contributed by atoms with Crippen LogP contribution in [0.25, 0.3) is 0 Å². The van der Waals surface area contributed by atoms with Gasteiger partial charge in [0.2, 0.25) is 6.79 Å². The van der Waals surface area contributed by atoms with Crippen LogP contribution in [0, 0.1) is 0 Å². The maximum atomic E-state index is 10.4. The quantitative estimate of drug-likeness (QED) is 0.845. The van der Waals surface area contributed by atoms with E-state index in [-0.39, 0.29) is 12.8 Å². The Balaban J connectivity index is 2.05. The van der Waals surface area contributed by atoms with Crippen LogP contribution in [0.15, 0.2) is 18.2 Å². The Hall–Kier alpha value is -1.40. The first kappa shape index (κ1) is 11.1. The summed E-state index contributed by atoms with van der Waals surface area (Å²) in [5.41, 5.74) is 1.01. The number of benzene rings is 1. The zero-order valence-corrected chi connectivity index (χ0v) is 9.58. The second kappa shape index (κ2) is 4.63. The van der Waals surface area contributed by atoms with E-state index in [9.17, 15) is 8.42 Å². The molecule has 0 aliphatic carbocycles. The molecular weight excluding hydrogens is 230 g/mol. The van der Waals surface area contributed by atoms with E-state index < -0.39 is 10.9 Å². The van der Waals surface area contributed by atoms with Gasteiger partial charge in [0.05, 0.1) is 0 Å². The van der Waals surface area contributed by atoms with Crippen LogP contribution in [0.2, 0.25) is 0 Å². The minimum atomic E-state index is -2.22. The fraction of sp³-hybridized carbons (Fsp3) is 0.400. The summed E-state index contributed by atoms with van der Waals surface area (Å²) in [5.74, 6) is 1.45. The van der Waals surface area contributed by atoms with Crippen LogP contribution in [-0.2, 0) is 17.3 Å². The van der Waals surface area contributed by atoms with Gasteiger partial charge in [-0.15, -0.1) is 0 Å². The first-order valence-electron chi connectivity index (χ1n) is 4.89. The average molecular weight is 242 g/mol. The maximum absolute atomic E-state index is 10.4. The molecule has 87 valence electrons. The second-order valence-electron chi connectivity index (χ2n) is 3.65. The lowest BCUT2D eigenvalue weighted by Crippen LogP contribution is -2.26. The molecule has 0 aromatic heterocycles. The Morgan fingerprint density at radius 1 is 1.38 bits per heavy atom. The standard InChI is InChI=1S/C10H12NO4S/c1-7(11-16(12)13)4-8-2-3-9-10(5-8)15-6-14-9/h2-3,5,7H,4,6H2,1H3,(H,11,12,13). The lowest BCUT2D eigenvalue weighted by molar-refractivity contribution is 0.174. The van der Waals surface area contributed by atoms with E-state index in [1.165, 1.54) is 0 Å². The molecule has 0 bridgehead atoms. The van der Waals surface area contributed by atoms with Crippen molar-refractivity contribution in [1.82, 2.24) is 4.72 Å². The van der Waals surface area contributed by atoms with E-state index in [0.29, 0.717) is 12.2 Å². The van der Waals surface area contributed by atoms with Crippen LogP contribution in [-0.4, -0.2) is 21.3 Å². The van der Waals surface area contributed by atoms with Crippen molar-refractivity contribution in [2.75, 3.05) is 6.79 Å². The van der Waals surface area contributed by atoms with Gasteiger partial charge in [0.15, 0.2) is 11.5 Å². The topological polar surface area (TPSA) is 64.6 Å². The van der Waals surface area contributed by atoms with E-state index in [0.717, 1.165) is 11.3 Å². The van der Waals surface area contributed by atoms with Crippen molar-refractivity contribution in [2.45, 2.75) is 19.4 Å². The average Bonchev–Trinajstić information content (AvgIpc) is 2.63. The highest BCUT2D eigenvalue weighted by Gasteiger charge is 2.14. The minimum absolute atomic E-state index is 0.140. The molecular formula is C10H12NO4S. The van der Waals surface area contributed by atoms with Gasteiger partial charge >= 0.3 is 0 Å². The summed E-state index contributed by atoms with van der Waals surface area (Å²) >= 11 is 0. The SMILES string of the molecule is CC(Cc1ccc2c(c1)OCO2)N[S](=O)=O. The third kappa shape index (κ3) is 2.59. The fourth-order valence-corrected chi connectivity index (χ4v) is 2.04. The predicted octanol–water partition coefficient (Wildman–Crippen LogP) is 0.730. The summed E-state index contributed by atoms with van der Waals surface area (Å²) in [4.78, 5) is 0. The molecule has 0 saturated heterocycles. The molecule has 1 atom stereocenters. The van der Waals surface area contributed by atoms with Crippen molar-refractivity contribution in [3.63, 3.8) is 0 Å². The summed E-state index contributed by atoms with van der Waals surface area (Å²) < 4.78 is 33.7. The van der Waals surface area contributed by atoms with Gasteiger partial charge in [-0.05, 0) is 31.0 Å². The minimum Gasteiger partial charge on any atom is -0.454 e. The van der Waals surface area contributed by atoms with Crippen molar-refractivity contribution >= 4 is 10.9 Å². The molecule has 0 saturated carbocycles. The molecule has 0 spiro atoms. The number of nitrogens with one attached hydrogen (secondary N) is 1. The summed E-state index contributed by atoms with van der Waals surface area (Å²) in [7, 11) is -2.22. The van der Waals surface area contributed by atoms with Gasteiger partial charge in [-0.1, -0.05) is 6.07 Å². The third-order valence-electron chi connectivity index (χ3n) is 2.28. The van der Waals surface area contributed by atoms with E-state index in [4.69, 9.17) is 9.47 Å². The number of ether oxygens (including phenoxy) is 2. The molecule has 2 rings (SSSR count). The number of rotatable bonds is 4. The van der Waals surface area contributed by atoms with Crippen LogP contribution < -0.4 is 14.2 Å². The first-order chi connectivity index (χ1) is 7.65. The van der Waals surface area contributed by atoms with E-state index in [1.54, 1.807) is 6.92 Å². The Labute approximate surface area is 95.5 Å². The summed E-state index contributed by atoms with van der Waals surface area (Å²) in [5, 5.41) is 0. The van der Waals surface area contributed by atoms with Crippen LogP contribution in [0.3, 0.4) is 0 Å². The first-order valence-corrected chi connectivity index (χ1v) is 5.96. The van der Waals surface area contributed by atoms with Gasteiger partial charge in [-0.2, -0.15) is 13.1 Å². The molecule has 1 aliphatic rings. The highest BCUT2D eigenvalue weighted by molar-refractivity contribution is 7.70. The van der Waals surface area contributed by atoms with Crippen molar-refractivity contribution in [2.24, 2.45) is 0 Å². The lowest BCUT2D eigenvalue weighted by atomic mass is 10.1. The molecule has 1 N–H and O–H groups in total. The van der Waals surface area contributed by atoms with Gasteiger partial charge in [0.25, 0.3) is 10.9 Å². The monoisotopic (exact) mass is 242 g/mol. The van der Waals surface area contributed by atoms with Crippen LogP contribution in [0.5, 0.6) is 11.5 Å². The Kier molecular flexibility index (Phi) is 3.21. The Morgan fingerprint density at radius 2 is 2.12 bits per heavy atom. The molecule has 1 aromatic carbocycles. The van der Waals surface area contributed by atoms with E-state index in [1.807, 2.05) is 18.2 Å². The molecule has 16 heavy (non-hydrogen) atoms. The van der Waals surface area contributed by atoms with E-state index >= 15 is 0 Å². The van der Waals surface area contributed by atoms with Crippen LogP contribution in [0.1, 0.15) is 12.5 Å². The molecule has 5 nitrogen and oxygen atoms in total. The largest absolute Gasteiger partial charge is 0.454 e. The van der Waals surface area contributed by atoms with Gasteiger partial charge in [-0.3, -0.25) is 0 Å². The predicted molar refractivity (Wildman–Crippen MR) is 57.8 cm³/mol. The number of fused-ring (bicyclic) bond motifs is 1. The van der Waals surface area contributed by atoms with E-state index in [2.05, 4.69) is 4.72 Å². The van der Waals surface area contributed by atoms with Gasteiger partial charge in [0, 0.05) is 6.04 Å². The second-order valence-corrected chi connectivity index (χ2v) is 4.35. The molecule has 1 radical (unpaired) electrons. The Morgan fingerprint density at radius 3 is 2.88 bits per heavy atom. The molecule has 1 unspecified atom stereocenters. The summed E-state index contributed by atoms with van der Waals surface area (Å²) in [6, 6.07) is 5.46. The summed E-state index contributed by atoms with van der Waals surface area (Å²) in [6.45, 7) is 2.05. The number of hydrogen-bond acceptors (Lipinski definition) is 4. The van der Waals surface area contributed by atoms with Gasteiger partial charge < -0.3 is 9.47 Å². The maximum Gasteiger partial charge on any atom is 0.267 e. The van der Waals surface area contributed by atoms with Crippen molar-refractivity contribution in [1.29, 1.82) is 0 Å². The fourth-order valence-electron chi connectivity index (χ4n) is 1.63. The third-order valence-corrected chi connectivity index (χ3v) is 2.87. The molecule has 6 heteroatoms. The molecule has 0 fully saturated rings. The molecule has 1 aromatic rings. The van der Waals surface area contributed by atoms with Gasteiger partial charge in [0.1, 0.15) is 0 Å². The molecule has 0 amide bonds. The van der Waals surface area contributed by atoms with Gasteiger partial charge in [-0.25, -0.2) is 0 Å². The highest BCUT2D eigenvalue weighted by atomic mass is 32.2. The molecule has 1 aliphatic heterocycles. The zero-order valence-electron chi connectivity index (χ0n) is 8.76. The van der Waals surface area contributed by atoms with Crippen molar-refractivity contribution in [3.8, 4) is 11.5 Å². The highest BCUT2D eigenvalue weighted by Crippen LogP contribution is 2.32. The van der Waals surface area contributed by atoms with Crippen molar-refractivity contribution in [3.05, 3.63) is 23.8 Å². The smallest absolute Gasteiger partial charge is 0.267 e. The number of hydrogen-bond donors (Lipinski definition) is 1. The van der Waals surface area contributed by atoms with Crippen LogP contribution in [0.4, 0.5) is 0 Å². The lowest BCUT2D eigenvalue weighted by Gasteiger charge is -2.08. The summed E-state index contributed by atoms with van der Waals surface area (Å²) in [6.07, 6.45) is 0.616. The molecule has 1 heterocycles. The van der Waals surface area contributed by atoms with Crippen molar-refractivity contribution < 1.29 is 17.9 Å². The zero-order chi connectivity index (χ0) is 11.5. The normalized spacial score (nSPS) is 14.8. The van der Waals surface area contributed by atoms with Crippen LogP contribution >= 0.6 is 0 Å². The Bertz CT molecular complexity index is 450.